The minimum Gasteiger partial charge on any atom is -0.318 e. The van der Waals surface area contributed by atoms with Crippen LogP contribution in [0.1, 0.15) is 24.2 Å². The van der Waals surface area contributed by atoms with E-state index < -0.39 is 0 Å². The second-order valence-corrected chi connectivity index (χ2v) is 9.87. The van der Waals surface area contributed by atoms with Crippen LogP contribution in [-0.4, -0.2) is 4.57 Å². The first kappa shape index (κ1) is 21.0. The molecule has 6 aromatic rings. The van der Waals surface area contributed by atoms with Gasteiger partial charge in [-0.3, -0.25) is 0 Å². The number of anilines is 2. The zero-order valence-corrected chi connectivity index (χ0v) is 20.9. The summed E-state index contributed by atoms with van der Waals surface area (Å²) in [5, 5.41) is 7.63. The van der Waals surface area contributed by atoms with Gasteiger partial charge in [-0.1, -0.05) is 91.0 Å². The molecule has 0 amide bonds. The molecule has 2 heteroatoms. The quantitative estimate of drug-likeness (QED) is 0.235. The molecule has 1 aromatic heterocycles. The zero-order chi connectivity index (χ0) is 24.4. The van der Waals surface area contributed by atoms with Gasteiger partial charge >= 0.3 is 0 Å². The van der Waals surface area contributed by atoms with Gasteiger partial charge in [0.2, 0.25) is 0 Å². The van der Waals surface area contributed by atoms with E-state index in [0.29, 0.717) is 0 Å². The van der Waals surface area contributed by atoms with Gasteiger partial charge in [0.05, 0.1) is 16.7 Å². The van der Waals surface area contributed by atoms with Crippen molar-refractivity contribution in [2.45, 2.75) is 26.9 Å². The monoisotopic (exact) mass is 464 g/mol. The maximum absolute atomic E-state index is 2.56. The van der Waals surface area contributed by atoms with Crippen LogP contribution in [0.2, 0.25) is 0 Å². The highest BCUT2D eigenvalue weighted by atomic mass is 15.3. The Labute approximate surface area is 211 Å². The largest absolute Gasteiger partial charge is 0.318 e. The van der Waals surface area contributed by atoms with Crippen molar-refractivity contribution in [1.82, 2.24) is 4.57 Å². The Morgan fingerprint density at radius 1 is 0.500 bits per heavy atom. The molecule has 0 bridgehead atoms. The molecule has 2 nitrogen and oxygen atoms in total. The average Bonchev–Trinajstić information content (AvgIpc) is 3.23. The molecule has 174 valence electrons. The van der Waals surface area contributed by atoms with Crippen molar-refractivity contribution in [2.75, 3.05) is 4.90 Å². The molecule has 0 radical (unpaired) electrons. The Morgan fingerprint density at radius 2 is 1.00 bits per heavy atom. The molecule has 0 aliphatic carbocycles. The second-order valence-electron chi connectivity index (χ2n) is 9.87. The lowest BCUT2D eigenvalue weighted by molar-refractivity contribution is 0.616. The van der Waals surface area contributed by atoms with Gasteiger partial charge < -0.3 is 9.47 Å². The summed E-state index contributed by atoms with van der Waals surface area (Å²) in [6.45, 7) is 6.78. The van der Waals surface area contributed by atoms with E-state index in [1.54, 1.807) is 0 Å². The molecular weight excluding hydrogens is 436 g/mol. The molecular formula is C34H28N2. The fraction of sp³-hybridized carbons (Fsp3) is 0.118. The first-order chi connectivity index (χ1) is 17.6. The van der Waals surface area contributed by atoms with Crippen LogP contribution in [-0.2, 0) is 0 Å². The fourth-order valence-corrected chi connectivity index (χ4v) is 6.17. The van der Waals surface area contributed by atoms with Crippen molar-refractivity contribution in [3.05, 3.63) is 120 Å². The summed E-state index contributed by atoms with van der Waals surface area (Å²) in [6.07, 6.45) is 0.111. The van der Waals surface area contributed by atoms with E-state index in [0.717, 1.165) is 0 Å². The van der Waals surface area contributed by atoms with Crippen LogP contribution in [0.4, 0.5) is 11.4 Å². The highest BCUT2D eigenvalue weighted by Gasteiger charge is 2.30. The number of fused-ring (bicyclic) bond motifs is 7. The number of aryl methyl sites for hydroxylation is 1. The minimum atomic E-state index is 0.111. The maximum atomic E-state index is 2.56. The number of benzene rings is 5. The van der Waals surface area contributed by atoms with E-state index >= 15 is 0 Å². The Bertz CT molecular complexity index is 1890. The topological polar surface area (TPSA) is 8.17 Å². The molecule has 0 N–H and O–H groups in total. The smallest absolute Gasteiger partial charge is 0.108 e. The molecule has 0 unspecified atom stereocenters. The molecule has 0 saturated heterocycles. The van der Waals surface area contributed by atoms with Gasteiger partial charge in [0.1, 0.15) is 6.17 Å². The number of para-hydroxylation sites is 2. The van der Waals surface area contributed by atoms with Crippen LogP contribution in [0.15, 0.2) is 109 Å². The Hall–Kier alpha value is -4.30. The molecule has 1 aliphatic heterocycles. The van der Waals surface area contributed by atoms with Crippen LogP contribution < -0.4 is 4.90 Å². The second kappa shape index (κ2) is 7.86. The molecule has 5 aromatic carbocycles. The van der Waals surface area contributed by atoms with Gasteiger partial charge in [-0.15, -0.1) is 0 Å². The lowest BCUT2D eigenvalue weighted by Gasteiger charge is -2.28. The van der Waals surface area contributed by atoms with Gasteiger partial charge in [0.15, 0.2) is 0 Å². The maximum Gasteiger partial charge on any atom is 0.108 e. The average molecular weight is 465 g/mol. The van der Waals surface area contributed by atoms with Gasteiger partial charge in [-0.25, -0.2) is 0 Å². The summed E-state index contributed by atoms with van der Waals surface area (Å²) in [4.78, 5) is 2.52. The summed E-state index contributed by atoms with van der Waals surface area (Å²) in [6, 6.07) is 40.0. The van der Waals surface area contributed by atoms with E-state index in [1.807, 2.05) is 0 Å². The molecule has 0 saturated carbocycles. The van der Waals surface area contributed by atoms with Crippen molar-refractivity contribution < 1.29 is 0 Å². The van der Waals surface area contributed by atoms with Crippen LogP contribution in [0.25, 0.3) is 43.4 Å². The third-order valence-corrected chi connectivity index (χ3v) is 7.99. The van der Waals surface area contributed by atoms with Gasteiger partial charge in [-0.2, -0.15) is 0 Å². The van der Waals surface area contributed by atoms with E-state index in [-0.39, 0.29) is 6.17 Å². The van der Waals surface area contributed by atoms with Gasteiger partial charge in [-0.05, 0) is 71.6 Å². The van der Waals surface area contributed by atoms with E-state index in [4.69, 9.17) is 0 Å². The molecule has 0 fully saturated rings. The standard InChI is InChI=1S/C34H28N2/c1-22-12-10-20-31(23(22)2)35-24(3)36-32-19-9-8-17-29(32)27-15-6-4-13-25(27)26-14-5-7-16-28(26)30-18-11-21-33(35)34(30)36/h4-21,24H,1-3H3/t24-/m1/s1. The van der Waals surface area contributed by atoms with E-state index in [2.05, 4.69) is 139 Å². The number of rotatable bonds is 1. The summed E-state index contributed by atoms with van der Waals surface area (Å²) < 4.78 is 2.56. The van der Waals surface area contributed by atoms with Crippen molar-refractivity contribution >= 4 is 54.7 Å². The predicted octanol–water partition coefficient (Wildman–Crippen LogP) is 9.51. The van der Waals surface area contributed by atoms with Crippen LogP contribution in [0, 0.1) is 13.8 Å². The number of hydrogen-bond donors (Lipinski definition) is 0. The molecule has 2 heterocycles. The third kappa shape index (κ3) is 2.85. The lowest BCUT2D eigenvalue weighted by atomic mass is 10.0. The lowest BCUT2D eigenvalue weighted by Crippen LogP contribution is -2.21. The summed E-state index contributed by atoms with van der Waals surface area (Å²) in [5.41, 5.74) is 7.69. The van der Waals surface area contributed by atoms with Gasteiger partial charge in [0.25, 0.3) is 0 Å². The highest BCUT2D eigenvalue weighted by molar-refractivity contribution is 6.21. The third-order valence-electron chi connectivity index (χ3n) is 7.99. The number of hydrogen-bond acceptors (Lipinski definition) is 1. The minimum absolute atomic E-state index is 0.111. The van der Waals surface area contributed by atoms with Crippen molar-refractivity contribution in [2.24, 2.45) is 0 Å². The predicted molar refractivity (Wildman–Crippen MR) is 155 cm³/mol. The fourth-order valence-electron chi connectivity index (χ4n) is 6.17. The first-order valence-corrected chi connectivity index (χ1v) is 12.7. The van der Waals surface area contributed by atoms with E-state index in [9.17, 15) is 0 Å². The number of aromatic nitrogens is 1. The highest BCUT2D eigenvalue weighted by Crippen LogP contribution is 2.47. The van der Waals surface area contributed by atoms with Gasteiger partial charge in [0, 0.05) is 16.5 Å². The molecule has 1 atom stereocenters. The van der Waals surface area contributed by atoms with Crippen LogP contribution >= 0.6 is 0 Å². The Kier molecular flexibility index (Phi) is 4.59. The first-order valence-electron chi connectivity index (χ1n) is 12.7. The van der Waals surface area contributed by atoms with Crippen LogP contribution in [0.3, 0.4) is 0 Å². The Balaban J connectivity index is 1.80. The van der Waals surface area contributed by atoms with E-state index in [1.165, 1.54) is 65.9 Å². The summed E-state index contributed by atoms with van der Waals surface area (Å²) >= 11 is 0. The molecule has 0 spiro atoms. The van der Waals surface area contributed by atoms with Crippen molar-refractivity contribution in [1.29, 1.82) is 0 Å². The Morgan fingerprint density at radius 3 is 1.69 bits per heavy atom. The normalized spacial score (nSPS) is 14.8. The molecule has 1 aliphatic rings. The van der Waals surface area contributed by atoms with Crippen LogP contribution in [0.5, 0.6) is 0 Å². The zero-order valence-electron chi connectivity index (χ0n) is 20.9. The summed E-state index contributed by atoms with van der Waals surface area (Å²) in [5.74, 6) is 0. The summed E-state index contributed by atoms with van der Waals surface area (Å²) in [7, 11) is 0. The SMILES string of the molecule is Cc1cccc(N2c3cccc4c5ccccc5c5ccccc5c5ccccc5n(c34)[C@@H]2C)c1C. The van der Waals surface area contributed by atoms with Crippen molar-refractivity contribution in [3.63, 3.8) is 0 Å². The number of nitrogens with zero attached hydrogens (tertiary/aromatic N) is 2. The molecule has 36 heavy (non-hydrogen) atoms. The van der Waals surface area contributed by atoms with Crippen molar-refractivity contribution in [3.8, 4) is 0 Å². The molecule has 7 rings (SSSR count).